The molecule has 1 aliphatic carbocycles. The number of nitrogens with one attached hydrogen (secondary N) is 1. The molecule has 0 radical (unpaired) electrons. The van der Waals surface area contributed by atoms with Gasteiger partial charge in [-0.1, -0.05) is 0 Å². The van der Waals surface area contributed by atoms with Crippen LogP contribution in [0.25, 0.3) is 0 Å². The first-order chi connectivity index (χ1) is 9.72. The van der Waals surface area contributed by atoms with Gasteiger partial charge in [-0.25, -0.2) is 0 Å². The van der Waals surface area contributed by atoms with Gasteiger partial charge in [-0.05, 0) is 44.9 Å². The summed E-state index contributed by atoms with van der Waals surface area (Å²) in [6.07, 6.45) is 4.46. The van der Waals surface area contributed by atoms with Crippen LogP contribution < -0.4 is 10.1 Å². The molecule has 1 saturated carbocycles. The average Bonchev–Trinajstić information content (AvgIpc) is 3.20. The highest BCUT2D eigenvalue weighted by molar-refractivity contribution is 7.12. The van der Waals surface area contributed by atoms with E-state index in [1.54, 1.807) is 6.20 Å². The summed E-state index contributed by atoms with van der Waals surface area (Å²) in [5.74, 6) is 0.871. The molecule has 106 valence electrons. The third-order valence-electron chi connectivity index (χ3n) is 3.56. The lowest BCUT2D eigenvalue weighted by Gasteiger charge is -2.07. The summed E-state index contributed by atoms with van der Waals surface area (Å²) in [5.41, 5.74) is 2.22. The van der Waals surface area contributed by atoms with Gasteiger partial charge in [0, 0.05) is 34.1 Å². The summed E-state index contributed by atoms with van der Waals surface area (Å²) in [5, 5.41) is 3.56. The summed E-state index contributed by atoms with van der Waals surface area (Å²) < 4.78 is 5.88. The molecule has 0 saturated heterocycles. The zero-order valence-electron chi connectivity index (χ0n) is 12.0. The summed E-state index contributed by atoms with van der Waals surface area (Å²) in [6.45, 7) is 5.75. The molecular formula is C16H20N2OS. The third kappa shape index (κ3) is 3.38. The van der Waals surface area contributed by atoms with Gasteiger partial charge in [-0.3, -0.25) is 4.98 Å². The minimum absolute atomic E-state index is 0.623. The Morgan fingerprint density at radius 1 is 1.40 bits per heavy atom. The molecule has 1 fully saturated rings. The monoisotopic (exact) mass is 288 g/mol. The van der Waals surface area contributed by atoms with E-state index in [0.717, 1.165) is 24.0 Å². The number of thiophene rings is 1. The van der Waals surface area contributed by atoms with Crippen molar-refractivity contribution in [3.05, 3.63) is 45.4 Å². The van der Waals surface area contributed by atoms with Crippen LogP contribution in [0.4, 0.5) is 0 Å². The lowest BCUT2D eigenvalue weighted by atomic mass is 10.2. The number of aromatic nitrogens is 1. The van der Waals surface area contributed by atoms with Crippen LogP contribution in [0.15, 0.2) is 24.4 Å². The molecule has 0 aliphatic heterocycles. The molecule has 2 aromatic rings. The van der Waals surface area contributed by atoms with Crippen molar-refractivity contribution < 1.29 is 4.74 Å². The van der Waals surface area contributed by atoms with Crippen molar-refractivity contribution in [3.8, 4) is 5.75 Å². The van der Waals surface area contributed by atoms with Crippen LogP contribution in [0.2, 0.25) is 0 Å². The Bertz CT molecular complexity index is 590. The lowest BCUT2D eigenvalue weighted by Crippen LogP contribution is -2.14. The van der Waals surface area contributed by atoms with E-state index in [4.69, 9.17) is 4.74 Å². The van der Waals surface area contributed by atoms with Crippen LogP contribution in [0.1, 0.15) is 33.9 Å². The second-order valence-corrected chi connectivity index (χ2v) is 6.67. The highest BCUT2D eigenvalue weighted by Crippen LogP contribution is 2.25. The van der Waals surface area contributed by atoms with Crippen LogP contribution in [-0.4, -0.2) is 11.0 Å². The Kier molecular flexibility index (Phi) is 4.03. The molecule has 0 bridgehead atoms. The minimum atomic E-state index is 0.623. The van der Waals surface area contributed by atoms with Gasteiger partial charge in [0.2, 0.25) is 0 Å². The van der Waals surface area contributed by atoms with Gasteiger partial charge < -0.3 is 10.1 Å². The first-order valence-electron chi connectivity index (χ1n) is 7.08. The van der Waals surface area contributed by atoms with E-state index >= 15 is 0 Å². The standard InChI is InChI=1S/C16H20N2OS/c1-11-16(4-3-7-17-11)19-10-13-8-15(20-12(13)2)9-18-14-5-6-14/h3-4,7-8,14,18H,5-6,9-10H2,1-2H3. The van der Waals surface area contributed by atoms with E-state index in [-0.39, 0.29) is 0 Å². The van der Waals surface area contributed by atoms with Gasteiger partial charge in [0.05, 0.1) is 5.69 Å². The molecule has 0 atom stereocenters. The summed E-state index contributed by atoms with van der Waals surface area (Å²) in [4.78, 5) is 6.99. The molecular weight excluding hydrogens is 268 g/mol. The van der Waals surface area contributed by atoms with Crippen LogP contribution in [-0.2, 0) is 13.2 Å². The average molecular weight is 288 g/mol. The number of hydrogen-bond acceptors (Lipinski definition) is 4. The van der Waals surface area contributed by atoms with Crippen molar-refractivity contribution in [2.75, 3.05) is 0 Å². The van der Waals surface area contributed by atoms with Crippen molar-refractivity contribution in [1.82, 2.24) is 10.3 Å². The Morgan fingerprint density at radius 2 is 2.25 bits per heavy atom. The second kappa shape index (κ2) is 5.94. The maximum atomic E-state index is 5.88. The maximum Gasteiger partial charge on any atom is 0.141 e. The fourth-order valence-electron chi connectivity index (χ4n) is 2.13. The van der Waals surface area contributed by atoms with Crippen LogP contribution in [0.5, 0.6) is 5.75 Å². The predicted octanol–water partition coefficient (Wildman–Crippen LogP) is 3.59. The van der Waals surface area contributed by atoms with E-state index in [9.17, 15) is 0 Å². The van der Waals surface area contributed by atoms with Crippen molar-refractivity contribution in [3.63, 3.8) is 0 Å². The molecule has 0 unspecified atom stereocenters. The molecule has 0 amide bonds. The summed E-state index contributed by atoms with van der Waals surface area (Å²) >= 11 is 1.87. The summed E-state index contributed by atoms with van der Waals surface area (Å²) in [6, 6.07) is 6.91. The minimum Gasteiger partial charge on any atom is -0.487 e. The van der Waals surface area contributed by atoms with Crippen LogP contribution in [0.3, 0.4) is 0 Å². The largest absolute Gasteiger partial charge is 0.487 e. The van der Waals surface area contributed by atoms with E-state index in [1.165, 1.54) is 28.2 Å². The number of hydrogen-bond donors (Lipinski definition) is 1. The molecule has 1 N–H and O–H groups in total. The number of rotatable bonds is 6. The molecule has 2 aromatic heterocycles. The molecule has 3 rings (SSSR count). The van der Waals surface area contributed by atoms with Crippen molar-refractivity contribution in [1.29, 1.82) is 0 Å². The Balaban J connectivity index is 1.60. The van der Waals surface area contributed by atoms with Crippen LogP contribution in [0, 0.1) is 13.8 Å². The SMILES string of the molecule is Cc1ncccc1OCc1cc(CNC2CC2)sc1C. The second-order valence-electron chi connectivity index (χ2n) is 5.32. The lowest BCUT2D eigenvalue weighted by molar-refractivity contribution is 0.302. The number of nitrogens with zero attached hydrogens (tertiary/aromatic N) is 1. The Morgan fingerprint density at radius 3 is 3.00 bits per heavy atom. The quantitative estimate of drug-likeness (QED) is 0.882. The Labute approximate surface area is 124 Å². The smallest absolute Gasteiger partial charge is 0.141 e. The van der Waals surface area contributed by atoms with E-state index in [1.807, 2.05) is 30.4 Å². The number of ether oxygens (including phenoxy) is 1. The predicted molar refractivity (Wildman–Crippen MR) is 82.2 cm³/mol. The molecule has 0 spiro atoms. The van der Waals surface area contributed by atoms with Gasteiger partial charge in [0.1, 0.15) is 12.4 Å². The van der Waals surface area contributed by atoms with Crippen molar-refractivity contribution >= 4 is 11.3 Å². The molecule has 2 heterocycles. The zero-order chi connectivity index (χ0) is 13.9. The zero-order valence-corrected chi connectivity index (χ0v) is 12.8. The maximum absolute atomic E-state index is 5.88. The highest BCUT2D eigenvalue weighted by atomic mass is 32.1. The van der Waals surface area contributed by atoms with Gasteiger partial charge >= 0.3 is 0 Å². The molecule has 20 heavy (non-hydrogen) atoms. The Hall–Kier alpha value is -1.39. The topological polar surface area (TPSA) is 34.1 Å². The van der Waals surface area contributed by atoms with Gasteiger partial charge in [-0.15, -0.1) is 11.3 Å². The van der Waals surface area contributed by atoms with E-state index in [2.05, 4.69) is 23.3 Å². The van der Waals surface area contributed by atoms with Crippen molar-refractivity contribution in [2.24, 2.45) is 0 Å². The van der Waals surface area contributed by atoms with Crippen LogP contribution >= 0.6 is 11.3 Å². The third-order valence-corrected chi connectivity index (χ3v) is 4.65. The normalized spacial score (nSPS) is 14.5. The van der Waals surface area contributed by atoms with E-state index in [0.29, 0.717) is 6.61 Å². The molecule has 0 aromatic carbocycles. The number of pyridine rings is 1. The molecule has 4 heteroatoms. The van der Waals surface area contributed by atoms with Gasteiger partial charge in [0.25, 0.3) is 0 Å². The van der Waals surface area contributed by atoms with Gasteiger partial charge in [0.15, 0.2) is 0 Å². The van der Waals surface area contributed by atoms with Gasteiger partial charge in [-0.2, -0.15) is 0 Å². The summed E-state index contributed by atoms with van der Waals surface area (Å²) in [7, 11) is 0. The van der Waals surface area contributed by atoms with E-state index < -0.39 is 0 Å². The fourth-order valence-corrected chi connectivity index (χ4v) is 3.13. The highest BCUT2D eigenvalue weighted by Gasteiger charge is 2.20. The molecule has 1 aliphatic rings. The van der Waals surface area contributed by atoms with Crippen molar-refractivity contribution in [2.45, 2.75) is 45.9 Å². The molecule has 3 nitrogen and oxygen atoms in total. The first kappa shape index (κ1) is 13.6. The number of aryl methyl sites for hydroxylation is 2. The first-order valence-corrected chi connectivity index (χ1v) is 7.90. The fraction of sp³-hybridized carbons (Fsp3) is 0.438.